The number of aromatic hydroxyl groups is 1. The van der Waals surface area contributed by atoms with E-state index in [2.05, 4.69) is 10.4 Å². The van der Waals surface area contributed by atoms with Gasteiger partial charge in [-0.3, -0.25) is 29.5 Å². The Morgan fingerprint density at radius 1 is 0.889 bits per heavy atom. The number of hydrazine groups is 1. The first-order chi connectivity index (χ1) is 25.5. The minimum absolute atomic E-state index is 0.00390. The van der Waals surface area contributed by atoms with E-state index >= 15 is 4.79 Å². The van der Waals surface area contributed by atoms with Crippen molar-refractivity contribution in [2.24, 2.45) is 23.7 Å². The molecule has 14 heteroatoms. The van der Waals surface area contributed by atoms with Crippen LogP contribution in [0.15, 0.2) is 84.6 Å². The molecule has 3 fully saturated rings. The summed E-state index contributed by atoms with van der Waals surface area (Å²) in [6, 6.07) is 17.5. The van der Waals surface area contributed by atoms with Gasteiger partial charge in [0, 0.05) is 28.1 Å². The van der Waals surface area contributed by atoms with Crippen LogP contribution in [-0.4, -0.2) is 49.2 Å². The molecule has 278 valence electrons. The number of nitrogens with zero attached hydrogens (tertiary/aromatic N) is 3. The minimum Gasteiger partial charge on any atom is -0.507 e. The molecule has 6 unspecified atom stereocenters. The summed E-state index contributed by atoms with van der Waals surface area (Å²) in [4.78, 5) is 63.7. The number of anilines is 1. The third-order valence-corrected chi connectivity index (χ3v) is 12.0. The summed E-state index contributed by atoms with van der Waals surface area (Å²) >= 11 is 12.6. The Kier molecular flexibility index (Phi) is 8.21. The van der Waals surface area contributed by atoms with E-state index < -0.39 is 69.1 Å². The van der Waals surface area contributed by atoms with Gasteiger partial charge in [-0.05, 0) is 80.3 Å². The van der Waals surface area contributed by atoms with Crippen LogP contribution in [0.1, 0.15) is 56.2 Å². The topological polar surface area (TPSA) is 120 Å². The number of nitrogens with one attached hydrogen (secondary N) is 1. The van der Waals surface area contributed by atoms with E-state index in [4.69, 9.17) is 23.2 Å². The number of hydrogen-bond donors (Lipinski definition) is 2. The average molecular weight is 778 g/mol. The molecule has 4 aromatic rings. The maximum atomic E-state index is 15.4. The van der Waals surface area contributed by atoms with Crippen LogP contribution in [0.2, 0.25) is 10.0 Å². The highest BCUT2D eigenvalue weighted by Crippen LogP contribution is 2.65. The van der Waals surface area contributed by atoms with Crippen molar-refractivity contribution in [1.82, 2.24) is 14.9 Å². The molecule has 8 rings (SSSR count). The van der Waals surface area contributed by atoms with Gasteiger partial charge >= 0.3 is 6.18 Å². The molecule has 3 aromatic carbocycles. The summed E-state index contributed by atoms with van der Waals surface area (Å²) in [7, 11) is 0. The van der Waals surface area contributed by atoms with Crippen LogP contribution >= 0.6 is 23.2 Å². The van der Waals surface area contributed by atoms with Gasteiger partial charge in [0.05, 0.1) is 33.8 Å². The SMILES string of the molecule is CC(C)(C)N1C(=O)C2CC=C3C(CC4C(=O)N(Nc5ncc(C(F)(F)F)cc5Cl)C(=O)C4(c4ccc(Cl)cc4)C3c3ccc(O)c4ccccc34)C2C1=O. The fraction of sp³-hybridized carbons (Fsp3) is 0.325. The molecule has 0 bridgehead atoms. The van der Waals surface area contributed by atoms with Gasteiger partial charge in [-0.1, -0.05) is 77.3 Å². The van der Waals surface area contributed by atoms with E-state index in [1.54, 1.807) is 75.4 Å². The van der Waals surface area contributed by atoms with E-state index in [1.165, 1.54) is 11.0 Å². The van der Waals surface area contributed by atoms with Crippen LogP contribution in [0.5, 0.6) is 5.75 Å². The predicted octanol–water partition coefficient (Wildman–Crippen LogP) is 8.05. The Bertz CT molecular complexity index is 2330. The van der Waals surface area contributed by atoms with Gasteiger partial charge in [0.15, 0.2) is 5.82 Å². The molecule has 2 aliphatic carbocycles. The number of benzene rings is 3. The van der Waals surface area contributed by atoms with Crippen molar-refractivity contribution in [1.29, 1.82) is 0 Å². The van der Waals surface area contributed by atoms with Crippen molar-refractivity contribution in [3.8, 4) is 5.75 Å². The van der Waals surface area contributed by atoms with Crippen LogP contribution in [-0.2, 0) is 30.8 Å². The second-order valence-corrected chi connectivity index (χ2v) is 16.2. The number of allylic oxidation sites excluding steroid dienone is 2. The first kappa shape index (κ1) is 36.1. The van der Waals surface area contributed by atoms with Gasteiger partial charge in [-0.2, -0.15) is 18.2 Å². The number of phenolic OH excluding ortho intramolecular Hbond substituents is 1. The lowest BCUT2D eigenvalue weighted by Gasteiger charge is -2.51. The van der Waals surface area contributed by atoms with Crippen molar-refractivity contribution in [3.05, 3.63) is 111 Å². The molecule has 0 spiro atoms. The average Bonchev–Trinajstić information content (AvgIpc) is 3.50. The van der Waals surface area contributed by atoms with Gasteiger partial charge < -0.3 is 5.11 Å². The first-order valence-corrected chi connectivity index (χ1v) is 18.1. The van der Waals surface area contributed by atoms with Crippen LogP contribution in [0.3, 0.4) is 0 Å². The Morgan fingerprint density at radius 3 is 2.22 bits per heavy atom. The number of phenols is 1. The highest BCUT2D eigenvalue weighted by atomic mass is 35.5. The molecule has 4 amide bonds. The largest absolute Gasteiger partial charge is 0.507 e. The molecule has 9 nitrogen and oxygen atoms in total. The second kappa shape index (κ2) is 12.3. The van der Waals surface area contributed by atoms with E-state index in [1.807, 2.05) is 6.08 Å². The van der Waals surface area contributed by atoms with Crippen molar-refractivity contribution in [2.45, 2.75) is 56.7 Å². The summed E-state index contributed by atoms with van der Waals surface area (Å²) < 4.78 is 40.5. The maximum Gasteiger partial charge on any atom is 0.417 e. The number of fused-ring (bicyclic) bond motifs is 5. The van der Waals surface area contributed by atoms with E-state index in [-0.39, 0.29) is 36.2 Å². The van der Waals surface area contributed by atoms with Crippen molar-refractivity contribution in [2.75, 3.05) is 5.43 Å². The number of aromatic nitrogens is 1. The number of alkyl halides is 3. The monoisotopic (exact) mass is 776 g/mol. The smallest absolute Gasteiger partial charge is 0.417 e. The normalized spacial score (nSPS) is 26.9. The van der Waals surface area contributed by atoms with Crippen LogP contribution in [0.25, 0.3) is 10.8 Å². The molecule has 0 radical (unpaired) electrons. The molecule has 6 atom stereocenters. The van der Waals surface area contributed by atoms with Crippen LogP contribution in [0, 0.1) is 23.7 Å². The number of imide groups is 2. The number of halogens is 5. The fourth-order valence-corrected chi connectivity index (χ4v) is 9.68. The molecule has 1 saturated carbocycles. The zero-order valence-electron chi connectivity index (χ0n) is 29.1. The molecule has 54 heavy (non-hydrogen) atoms. The zero-order valence-corrected chi connectivity index (χ0v) is 30.6. The van der Waals surface area contributed by atoms with Gasteiger partial charge in [-0.15, -0.1) is 0 Å². The Balaban J connectivity index is 1.37. The van der Waals surface area contributed by atoms with Crippen molar-refractivity contribution in [3.63, 3.8) is 0 Å². The van der Waals surface area contributed by atoms with Crippen LogP contribution in [0.4, 0.5) is 19.0 Å². The molecule has 2 N–H and O–H groups in total. The van der Waals surface area contributed by atoms with Gasteiger partial charge in [0.1, 0.15) is 5.75 Å². The Labute approximate surface area is 317 Å². The lowest BCUT2D eigenvalue weighted by Crippen LogP contribution is -2.53. The summed E-state index contributed by atoms with van der Waals surface area (Å²) in [6.07, 6.45) is -2.06. The first-order valence-electron chi connectivity index (χ1n) is 17.4. The number of rotatable bonds is 4. The Hall–Kier alpha value is -4.94. The summed E-state index contributed by atoms with van der Waals surface area (Å²) in [5.41, 5.74) is 0.729. The quantitative estimate of drug-likeness (QED) is 0.159. The number of hydrogen-bond acceptors (Lipinski definition) is 7. The van der Waals surface area contributed by atoms with Gasteiger partial charge in [0.25, 0.3) is 11.8 Å². The third kappa shape index (κ3) is 5.16. The van der Waals surface area contributed by atoms with Gasteiger partial charge in [-0.25, -0.2) is 4.98 Å². The summed E-state index contributed by atoms with van der Waals surface area (Å²) in [5.74, 6) is -6.69. The minimum atomic E-state index is -4.74. The van der Waals surface area contributed by atoms with E-state index in [0.717, 1.165) is 5.01 Å². The third-order valence-electron chi connectivity index (χ3n) is 11.5. The number of likely N-dealkylation sites (tertiary alicyclic amines) is 1. The lowest BCUT2D eigenvalue weighted by atomic mass is 9.49. The van der Waals surface area contributed by atoms with Crippen LogP contribution < -0.4 is 5.43 Å². The van der Waals surface area contributed by atoms with Crippen molar-refractivity contribution >= 4 is 63.4 Å². The molecule has 2 saturated heterocycles. The van der Waals surface area contributed by atoms with Gasteiger partial charge in [0.2, 0.25) is 11.8 Å². The molecular weight excluding hydrogens is 744 g/mol. The molecule has 4 aliphatic rings. The second-order valence-electron chi connectivity index (χ2n) is 15.3. The predicted molar refractivity (Wildman–Crippen MR) is 194 cm³/mol. The standard InChI is InChI=1S/C40H33Cl2F3N4O5/c1-38(2,3)48-34(51)26-13-12-25-27(31(26)36(48)53)17-28-35(52)49(47-33-29(42)16-20(18-46-33)40(43,44)45)37(54)39(28,19-8-10-21(41)11-9-19)32(25)24-14-15-30(50)23-7-5-4-6-22(23)24/h4-12,14-16,18,26-28,31-32,50H,13,17H2,1-3H3,(H,46,47). The molecule has 2 aliphatic heterocycles. The number of pyridine rings is 1. The highest BCUT2D eigenvalue weighted by molar-refractivity contribution is 6.33. The maximum absolute atomic E-state index is 15.4. The number of amides is 4. The molecular formula is C40H33Cl2F3N4O5. The number of carbonyl (C=O) groups excluding carboxylic acids is 4. The lowest BCUT2D eigenvalue weighted by molar-refractivity contribution is -0.146. The van der Waals surface area contributed by atoms with E-state index in [0.29, 0.717) is 44.8 Å². The summed E-state index contributed by atoms with van der Waals surface area (Å²) in [6.45, 7) is 5.36. The number of carbonyl (C=O) groups is 4. The molecule has 3 heterocycles. The zero-order chi connectivity index (χ0) is 38.6. The van der Waals surface area contributed by atoms with E-state index in [9.17, 15) is 32.7 Å². The fourth-order valence-electron chi connectivity index (χ4n) is 9.35. The Morgan fingerprint density at radius 2 is 1.57 bits per heavy atom. The summed E-state index contributed by atoms with van der Waals surface area (Å²) in [5, 5.41) is 12.7. The highest BCUT2D eigenvalue weighted by Gasteiger charge is 2.71. The molecule has 1 aromatic heterocycles. The van der Waals surface area contributed by atoms with Crippen molar-refractivity contribution < 1.29 is 37.5 Å².